The molecule has 6 atom stereocenters. The first-order valence-electron chi connectivity index (χ1n) is 9.82. The van der Waals surface area contributed by atoms with Crippen molar-refractivity contribution in [1.82, 2.24) is 0 Å². The molecule has 0 aromatic carbocycles. The van der Waals surface area contributed by atoms with Gasteiger partial charge in [-0.25, -0.2) is 0 Å². The Morgan fingerprint density at radius 3 is 2.77 bits per heavy atom. The molecular weight excluding hydrogens is 326 g/mol. The van der Waals surface area contributed by atoms with Gasteiger partial charge in [0.1, 0.15) is 24.1 Å². The van der Waals surface area contributed by atoms with Crippen molar-refractivity contribution in [3.05, 3.63) is 36.1 Å². The predicted molar refractivity (Wildman–Crippen MR) is 103 cm³/mol. The normalized spacial score (nSPS) is 48.9. The van der Waals surface area contributed by atoms with Gasteiger partial charge in [-0.15, -0.1) is 0 Å². The molecule has 0 amide bonds. The molecule has 0 spiro atoms. The van der Waals surface area contributed by atoms with E-state index in [2.05, 4.69) is 51.4 Å². The Bertz CT molecular complexity index is 710. The van der Waals surface area contributed by atoms with Crippen LogP contribution in [-0.2, 0) is 9.57 Å². The Morgan fingerprint density at radius 1 is 1.31 bits per heavy atom. The fourth-order valence-corrected chi connectivity index (χ4v) is 6.11. The van der Waals surface area contributed by atoms with Gasteiger partial charge in [-0.05, 0) is 56.3 Å². The fraction of sp³-hybridized carbons (Fsp3) is 0.682. The monoisotopic (exact) mass is 357 g/mol. The molecule has 0 radical (unpaired) electrons. The molecule has 0 bridgehead atoms. The summed E-state index contributed by atoms with van der Waals surface area (Å²) in [6.07, 6.45) is 8.84. The van der Waals surface area contributed by atoms with Crippen LogP contribution in [0.3, 0.4) is 0 Å². The van der Waals surface area contributed by atoms with Gasteiger partial charge in [0.2, 0.25) is 0 Å². The van der Waals surface area contributed by atoms with E-state index in [0.29, 0.717) is 24.2 Å². The number of ether oxygens (including phenoxy) is 1. The van der Waals surface area contributed by atoms with Crippen molar-refractivity contribution in [1.29, 1.82) is 0 Å². The molecule has 4 nitrogen and oxygen atoms in total. The third kappa shape index (κ3) is 2.27. The standard InChI is InChI=1S/C22H31NO3/c1-14-6-9-19-20(3,10-11-22(5)21(19,4)13-23-26-22)17(14)8-7-16-15(2)25-12-18(16)24/h7,13,17-19,24H,1-2,6,8-12H2,3-5H3/b16-7-/t17-,18-,19+,20+,21+,22-/m1/s1. The summed E-state index contributed by atoms with van der Waals surface area (Å²) < 4.78 is 5.39. The molecule has 3 fully saturated rings. The van der Waals surface area contributed by atoms with Crippen molar-refractivity contribution in [2.45, 2.75) is 64.6 Å². The molecular formula is C22H31NO3. The highest BCUT2D eigenvalue weighted by Gasteiger charge is 2.64. The maximum atomic E-state index is 10.1. The number of hydrogen-bond acceptors (Lipinski definition) is 4. The summed E-state index contributed by atoms with van der Waals surface area (Å²) in [7, 11) is 0. The number of allylic oxidation sites excluding steroid dienone is 2. The van der Waals surface area contributed by atoms with Gasteiger partial charge in [-0.1, -0.05) is 43.8 Å². The Labute approximate surface area is 156 Å². The van der Waals surface area contributed by atoms with Crippen LogP contribution in [0.4, 0.5) is 0 Å². The summed E-state index contributed by atoms with van der Waals surface area (Å²) in [5.41, 5.74) is 2.12. The van der Waals surface area contributed by atoms with Gasteiger partial charge < -0.3 is 14.7 Å². The second-order valence-electron chi connectivity index (χ2n) is 9.29. The van der Waals surface area contributed by atoms with Crippen LogP contribution >= 0.6 is 0 Å². The minimum atomic E-state index is -0.550. The topological polar surface area (TPSA) is 51.0 Å². The third-order valence-corrected chi connectivity index (χ3v) is 8.09. The Hall–Kier alpha value is -1.55. The Balaban J connectivity index is 1.65. The lowest BCUT2D eigenvalue weighted by atomic mass is 9.43. The summed E-state index contributed by atoms with van der Waals surface area (Å²) in [6.45, 7) is 15.6. The molecule has 142 valence electrons. The molecule has 0 aromatic heterocycles. The number of hydrogen-bond donors (Lipinski definition) is 1. The number of fused-ring (bicyclic) bond motifs is 3. The van der Waals surface area contributed by atoms with Crippen LogP contribution in [0.15, 0.2) is 41.3 Å². The largest absolute Gasteiger partial charge is 0.491 e. The Morgan fingerprint density at radius 2 is 2.08 bits per heavy atom. The zero-order valence-corrected chi connectivity index (χ0v) is 16.3. The average Bonchev–Trinajstić information content (AvgIpc) is 3.07. The van der Waals surface area contributed by atoms with Gasteiger partial charge in [-0.3, -0.25) is 0 Å². The molecule has 2 saturated carbocycles. The summed E-state index contributed by atoms with van der Waals surface area (Å²) in [5, 5.41) is 14.4. The Kier molecular flexibility index (Phi) is 3.93. The van der Waals surface area contributed by atoms with Gasteiger partial charge in [0, 0.05) is 5.57 Å². The van der Waals surface area contributed by atoms with Crippen molar-refractivity contribution in [2.75, 3.05) is 6.61 Å². The zero-order valence-electron chi connectivity index (χ0n) is 16.3. The van der Waals surface area contributed by atoms with Crippen molar-refractivity contribution in [3.8, 4) is 0 Å². The lowest BCUT2D eigenvalue weighted by Crippen LogP contribution is -2.60. The minimum Gasteiger partial charge on any atom is -0.491 e. The molecule has 2 aliphatic heterocycles. The van der Waals surface area contributed by atoms with Crippen molar-refractivity contribution in [2.24, 2.45) is 27.8 Å². The molecule has 26 heavy (non-hydrogen) atoms. The molecule has 2 heterocycles. The molecule has 1 N–H and O–H groups in total. The quantitative estimate of drug-likeness (QED) is 0.747. The maximum Gasteiger partial charge on any atom is 0.145 e. The lowest BCUT2D eigenvalue weighted by Gasteiger charge is -2.60. The second kappa shape index (κ2) is 5.72. The summed E-state index contributed by atoms with van der Waals surface area (Å²) in [4.78, 5) is 5.85. The molecule has 4 heteroatoms. The summed E-state index contributed by atoms with van der Waals surface area (Å²) in [6, 6.07) is 0. The first-order valence-corrected chi connectivity index (χ1v) is 9.82. The highest BCUT2D eigenvalue weighted by molar-refractivity contribution is 5.70. The van der Waals surface area contributed by atoms with Crippen LogP contribution in [0.1, 0.15) is 52.9 Å². The number of aliphatic hydroxyl groups is 1. The van der Waals surface area contributed by atoms with E-state index in [1.54, 1.807) is 0 Å². The summed E-state index contributed by atoms with van der Waals surface area (Å²) >= 11 is 0. The van der Waals surface area contributed by atoms with E-state index in [1.807, 2.05) is 0 Å². The second-order valence-corrected chi connectivity index (χ2v) is 9.29. The van der Waals surface area contributed by atoms with Gasteiger partial charge in [0.15, 0.2) is 0 Å². The van der Waals surface area contributed by atoms with Crippen LogP contribution in [0, 0.1) is 22.7 Å². The highest BCUT2D eigenvalue weighted by Crippen LogP contribution is 2.65. The minimum absolute atomic E-state index is 0.0360. The van der Waals surface area contributed by atoms with Crippen molar-refractivity contribution < 1.29 is 14.7 Å². The van der Waals surface area contributed by atoms with Crippen LogP contribution in [0.2, 0.25) is 0 Å². The van der Waals surface area contributed by atoms with Gasteiger partial charge >= 0.3 is 0 Å². The third-order valence-electron chi connectivity index (χ3n) is 8.09. The van der Waals surface area contributed by atoms with Crippen LogP contribution < -0.4 is 0 Å². The predicted octanol–water partition coefficient (Wildman–Crippen LogP) is 4.37. The van der Waals surface area contributed by atoms with E-state index in [0.717, 1.165) is 37.7 Å². The van der Waals surface area contributed by atoms with Crippen LogP contribution in [0.25, 0.3) is 0 Å². The van der Waals surface area contributed by atoms with E-state index >= 15 is 0 Å². The number of rotatable bonds is 2. The van der Waals surface area contributed by atoms with E-state index in [9.17, 15) is 5.11 Å². The first kappa shape index (κ1) is 17.8. The lowest BCUT2D eigenvalue weighted by molar-refractivity contribution is -0.162. The number of nitrogens with zero attached hydrogens (tertiary/aromatic N) is 1. The highest BCUT2D eigenvalue weighted by atomic mass is 16.7. The SMILES string of the molecule is C=C1OC[C@@H](O)/C1=C\C[C@@H]1C(=C)CC[C@H]2[C@@]1(C)CC[C@@]1(C)ON=C[C@@]21C. The molecule has 4 aliphatic rings. The van der Waals surface area contributed by atoms with E-state index < -0.39 is 6.10 Å². The molecule has 0 unspecified atom stereocenters. The van der Waals surface area contributed by atoms with E-state index in [-0.39, 0.29) is 16.4 Å². The number of aliphatic hydroxyl groups excluding tert-OH is 1. The number of oxime groups is 1. The zero-order chi connectivity index (χ0) is 18.7. The van der Waals surface area contributed by atoms with Crippen molar-refractivity contribution >= 4 is 6.21 Å². The van der Waals surface area contributed by atoms with Crippen LogP contribution in [-0.4, -0.2) is 29.6 Å². The maximum absolute atomic E-state index is 10.1. The van der Waals surface area contributed by atoms with Gasteiger partial charge in [0.05, 0.1) is 11.6 Å². The molecule has 4 rings (SSSR count). The van der Waals surface area contributed by atoms with E-state index in [1.165, 1.54) is 5.57 Å². The molecule has 2 aliphatic carbocycles. The molecule has 0 aromatic rings. The smallest absolute Gasteiger partial charge is 0.145 e. The van der Waals surface area contributed by atoms with Crippen molar-refractivity contribution in [3.63, 3.8) is 0 Å². The molecule has 1 saturated heterocycles. The summed E-state index contributed by atoms with van der Waals surface area (Å²) in [5.74, 6) is 1.52. The van der Waals surface area contributed by atoms with Gasteiger partial charge in [0.25, 0.3) is 0 Å². The average molecular weight is 357 g/mol. The first-order chi connectivity index (χ1) is 12.2. The fourth-order valence-electron chi connectivity index (χ4n) is 6.11. The van der Waals surface area contributed by atoms with Crippen LogP contribution in [0.5, 0.6) is 0 Å². The van der Waals surface area contributed by atoms with Gasteiger partial charge in [-0.2, -0.15) is 0 Å². The van der Waals surface area contributed by atoms with E-state index in [4.69, 9.17) is 9.57 Å².